The third kappa shape index (κ3) is 3.06. The first kappa shape index (κ1) is 13.4. The van der Waals surface area contributed by atoms with E-state index in [4.69, 9.17) is 4.74 Å². The molecule has 1 N–H and O–H groups in total. The molecule has 0 bridgehead atoms. The molecule has 2 rings (SSSR count). The number of rotatable bonds is 4. The molecule has 0 radical (unpaired) electrons. The topological polar surface area (TPSA) is 21.3 Å². The standard InChI is InChI=1S/C14H19F2NO/c1-18-9-12-5-4-11(13(15)14(12)16)7-10-3-2-6-17-8-10/h4-5,10,17H,2-3,6-9H2,1H3. The first-order valence-corrected chi connectivity index (χ1v) is 6.37. The predicted molar refractivity (Wildman–Crippen MR) is 66.4 cm³/mol. The molecular formula is C14H19F2NO. The molecule has 1 unspecified atom stereocenters. The first-order chi connectivity index (χ1) is 8.72. The lowest BCUT2D eigenvalue weighted by Gasteiger charge is -2.23. The molecule has 4 heteroatoms. The summed E-state index contributed by atoms with van der Waals surface area (Å²) in [7, 11) is 1.47. The molecule has 1 saturated heterocycles. The molecule has 1 aliphatic heterocycles. The van der Waals surface area contributed by atoms with Gasteiger partial charge < -0.3 is 10.1 Å². The van der Waals surface area contributed by atoms with Crippen LogP contribution < -0.4 is 5.32 Å². The maximum atomic E-state index is 13.9. The zero-order valence-electron chi connectivity index (χ0n) is 10.6. The normalized spacial score (nSPS) is 20.1. The van der Waals surface area contributed by atoms with Crippen LogP contribution >= 0.6 is 0 Å². The lowest BCUT2D eigenvalue weighted by molar-refractivity contribution is 0.180. The zero-order valence-corrected chi connectivity index (χ0v) is 10.6. The Morgan fingerprint density at radius 3 is 2.67 bits per heavy atom. The monoisotopic (exact) mass is 255 g/mol. The van der Waals surface area contributed by atoms with Crippen molar-refractivity contribution in [2.24, 2.45) is 5.92 Å². The van der Waals surface area contributed by atoms with Gasteiger partial charge in [0.05, 0.1) is 6.61 Å². The number of halogens is 2. The third-order valence-corrected chi connectivity index (χ3v) is 3.45. The lowest BCUT2D eigenvalue weighted by atomic mass is 9.91. The molecule has 2 nitrogen and oxygen atoms in total. The smallest absolute Gasteiger partial charge is 0.164 e. The van der Waals surface area contributed by atoms with Gasteiger partial charge in [-0.1, -0.05) is 12.1 Å². The quantitative estimate of drug-likeness (QED) is 0.893. The molecule has 1 aliphatic rings. The molecule has 18 heavy (non-hydrogen) atoms. The number of hydrogen-bond acceptors (Lipinski definition) is 2. The van der Waals surface area contributed by atoms with Gasteiger partial charge in [0, 0.05) is 12.7 Å². The lowest BCUT2D eigenvalue weighted by Crippen LogP contribution is -2.31. The van der Waals surface area contributed by atoms with Crippen LogP contribution in [0.3, 0.4) is 0 Å². The van der Waals surface area contributed by atoms with E-state index in [1.165, 1.54) is 7.11 Å². The van der Waals surface area contributed by atoms with Crippen molar-refractivity contribution in [3.05, 3.63) is 34.9 Å². The average molecular weight is 255 g/mol. The highest BCUT2D eigenvalue weighted by atomic mass is 19.2. The molecule has 0 spiro atoms. The molecular weight excluding hydrogens is 236 g/mol. The minimum atomic E-state index is -0.766. The average Bonchev–Trinajstić information content (AvgIpc) is 2.40. The van der Waals surface area contributed by atoms with Crippen molar-refractivity contribution in [3.8, 4) is 0 Å². The summed E-state index contributed by atoms with van der Waals surface area (Å²) < 4.78 is 32.5. The van der Waals surface area contributed by atoms with E-state index < -0.39 is 11.6 Å². The Labute approximate surface area is 106 Å². The number of methoxy groups -OCH3 is 1. The number of ether oxygens (including phenoxy) is 1. The summed E-state index contributed by atoms with van der Waals surface area (Å²) in [4.78, 5) is 0. The van der Waals surface area contributed by atoms with E-state index >= 15 is 0 Å². The fourth-order valence-electron chi connectivity index (χ4n) is 2.46. The maximum absolute atomic E-state index is 13.9. The number of nitrogens with one attached hydrogen (secondary N) is 1. The van der Waals surface area contributed by atoms with E-state index in [0.717, 1.165) is 25.9 Å². The van der Waals surface area contributed by atoms with Crippen LogP contribution in [0.2, 0.25) is 0 Å². The van der Waals surface area contributed by atoms with Crippen LogP contribution in [0, 0.1) is 17.6 Å². The molecule has 0 aromatic heterocycles. The molecule has 0 amide bonds. The van der Waals surface area contributed by atoms with Gasteiger partial charge in [-0.3, -0.25) is 0 Å². The largest absolute Gasteiger partial charge is 0.380 e. The van der Waals surface area contributed by atoms with E-state index in [1.54, 1.807) is 12.1 Å². The summed E-state index contributed by atoms with van der Waals surface area (Å²) in [5.41, 5.74) is 0.751. The second-order valence-corrected chi connectivity index (χ2v) is 4.86. The molecule has 0 aliphatic carbocycles. The van der Waals surface area contributed by atoms with Crippen LogP contribution in [-0.2, 0) is 17.8 Å². The second kappa shape index (κ2) is 6.25. The van der Waals surface area contributed by atoms with Gasteiger partial charge >= 0.3 is 0 Å². The van der Waals surface area contributed by atoms with Crippen LogP contribution in [0.5, 0.6) is 0 Å². The van der Waals surface area contributed by atoms with Gasteiger partial charge in [-0.15, -0.1) is 0 Å². The van der Waals surface area contributed by atoms with Gasteiger partial charge in [-0.2, -0.15) is 0 Å². The summed E-state index contributed by atoms with van der Waals surface area (Å²) in [5, 5.41) is 3.28. The summed E-state index contributed by atoms with van der Waals surface area (Å²) in [5.74, 6) is -1.07. The van der Waals surface area contributed by atoms with Crippen LogP contribution in [0.25, 0.3) is 0 Å². The summed E-state index contributed by atoms with van der Waals surface area (Å²) in [6, 6.07) is 3.30. The maximum Gasteiger partial charge on any atom is 0.164 e. The Bertz CT molecular complexity index is 403. The van der Waals surface area contributed by atoms with Gasteiger partial charge in [0.1, 0.15) is 0 Å². The van der Waals surface area contributed by atoms with Crippen LogP contribution in [0.1, 0.15) is 24.0 Å². The highest BCUT2D eigenvalue weighted by Gasteiger charge is 2.18. The molecule has 0 saturated carbocycles. The highest BCUT2D eigenvalue weighted by molar-refractivity contribution is 5.26. The molecule has 100 valence electrons. The van der Waals surface area contributed by atoms with E-state index in [0.29, 0.717) is 17.9 Å². The van der Waals surface area contributed by atoms with E-state index in [1.807, 2.05) is 0 Å². The van der Waals surface area contributed by atoms with Crippen molar-refractivity contribution in [2.45, 2.75) is 25.9 Å². The second-order valence-electron chi connectivity index (χ2n) is 4.86. The summed E-state index contributed by atoms with van der Waals surface area (Å²) in [6.45, 7) is 2.02. The van der Waals surface area contributed by atoms with E-state index in [2.05, 4.69) is 5.32 Å². The van der Waals surface area contributed by atoms with Gasteiger partial charge in [0.2, 0.25) is 0 Å². The SMILES string of the molecule is COCc1ccc(CC2CCCNC2)c(F)c1F. The fraction of sp³-hybridized carbons (Fsp3) is 0.571. The van der Waals surface area contributed by atoms with Gasteiger partial charge in [-0.25, -0.2) is 8.78 Å². The van der Waals surface area contributed by atoms with Gasteiger partial charge in [0.15, 0.2) is 11.6 Å². The van der Waals surface area contributed by atoms with Crippen molar-refractivity contribution in [1.29, 1.82) is 0 Å². The van der Waals surface area contributed by atoms with Crippen LogP contribution in [-0.4, -0.2) is 20.2 Å². The Morgan fingerprint density at radius 1 is 1.28 bits per heavy atom. The highest BCUT2D eigenvalue weighted by Crippen LogP contribution is 2.22. The van der Waals surface area contributed by atoms with Crippen molar-refractivity contribution < 1.29 is 13.5 Å². The van der Waals surface area contributed by atoms with Crippen molar-refractivity contribution >= 4 is 0 Å². The molecule has 1 aromatic carbocycles. The van der Waals surface area contributed by atoms with E-state index in [-0.39, 0.29) is 12.2 Å². The summed E-state index contributed by atoms with van der Waals surface area (Å²) >= 11 is 0. The predicted octanol–water partition coefficient (Wildman–Crippen LogP) is 2.65. The Hall–Kier alpha value is -1.00. The van der Waals surface area contributed by atoms with Crippen molar-refractivity contribution in [1.82, 2.24) is 5.32 Å². The Kier molecular flexibility index (Phi) is 4.66. The first-order valence-electron chi connectivity index (χ1n) is 6.37. The Balaban J connectivity index is 2.10. The minimum Gasteiger partial charge on any atom is -0.380 e. The molecule has 1 atom stereocenters. The molecule has 1 heterocycles. The third-order valence-electron chi connectivity index (χ3n) is 3.45. The number of piperidine rings is 1. The molecule has 1 aromatic rings. The number of benzene rings is 1. The Morgan fingerprint density at radius 2 is 2.00 bits per heavy atom. The van der Waals surface area contributed by atoms with Gasteiger partial charge in [0.25, 0.3) is 0 Å². The van der Waals surface area contributed by atoms with Gasteiger partial charge in [-0.05, 0) is 43.8 Å². The fourth-order valence-corrected chi connectivity index (χ4v) is 2.46. The van der Waals surface area contributed by atoms with Crippen molar-refractivity contribution in [2.75, 3.05) is 20.2 Å². The van der Waals surface area contributed by atoms with Crippen LogP contribution in [0.4, 0.5) is 8.78 Å². The van der Waals surface area contributed by atoms with Crippen molar-refractivity contribution in [3.63, 3.8) is 0 Å². The zero-order chi connectivity index (χ0) is 13.0. The number of hydrogen-bond donors (Lipinski definition) is 1. The molecule has 1 fully saturated rings. The van der Waals surface area contributed by atoms with E-state index in [9.17, 15) is 8.78 Å². The minimum absolute atomic E-state index is 0.105. The van der Waals surface area contributed by atoms with Crippen LogP contribution in [0.15, 0.2) is 12.1 Å². The summed E-state index contributed by atoms with van der Waals surface area (Å²) in [6.07, 6.45) is 2.79.